The Balaban J connectivity index is 2.99. The van der Waals surface area contributed by atoms with Gasteiger partial charge in [0.05, 0.1) is 7.11 Å². The Labute approximate surface area is 112 Å². The van der Waals surface area contributed by atoms with Gasteiger partial charge >= 0.3 is 5.97 Å². The smallest absolute Gasteiger partial charge is 0.316 e. The second kappa shape index (κ2) is 6.22. The monoisotopic (exact) mass is 265 g/mol. The fraction of sp³-hybridized carbons (Fsp3) is 0.429. The van der Waals surface area contributed by atoms with Crippen molar-refractivity contribution in [1.82, 2.24) is 0 Å². The van der Waals surface area contributed by atoms with Crippen LogP contribution in [0.15, 0.2) is 18.2 Å². The van der Waals surface area contributed by atoms with Gasteiger partial charge in [-0.05, 0) is 37.1 Å². The van der Waals surface area contributed by atoms with Gasteiger partial charge in [0.25, 0.3) is 0 Å². The van der Waals surface area contributed by atoms with Crippen LogP contribution >= 0.6 is 0 Å². The lowest BCUT2D eigenvalue weighted by molar-refractivity contribution is -0.146. The predicted octanol–water partition coefficient (Wildman–Crippen LogP) is 2.08. The summed E-state index contributed by atoms with van der Waals surface area (Å²) in [4.78, 5) is 24.5. The zero-order valence-corrected chi connectivity index (χ0v) is 11.6. The van der Waals surface area contributed by atoms with Gasteiger partial charge in [0.1, 0.15) is 11.7 Å². The van der Waals surface area contributed by atoms with Crippen molar-refractivity contribution in [2.24, 2.45) is 5.92 Å². The van der Waals surface area contributed by atoms with Gasteiger partial charge in [-0.2, -0.15) is 0 Å². The van der Waals surface area contributed by atoms with E-state index in [0.717, 1.165) is 11.3 Å². The molecule has 1 amide bonds. The van der Waals surface area contributed by atoms with E-state index >= 15 is 0 Å². The fourth-order valence-electron chi connectivity index (χ4n) is 1.89. The van der Waals surface area contributed by atoms with Crippen LogP contribution in [0.5, 0.6) is 5.75 Å². The third-order valence-corrected chi connectivity index (χ3v) is 3.10. The Bertz CT molecular complexity index is 484. The van der Waals surface area contributed by atoms with Gasteiger partial charge in [0.2, 0.25) is 5.91 Å². The number of amides is 1. The van der Waals surface area contributed by atoms with Gasteiger partial charge < -0.3 is 14.7 Å². The molecule has 0 bridgehead atoms. The van der Waals surface area contributed by atoms with Crippen molar-refractivity contribution in [3.63, 3.8) is 0 Å². The average Bonchev–Trinajstić information content (AvgIpc) is 2.37. The third kappa shape index (κ3) is 3.24. The molecule has 1 unspecified atom stereocenters. The molecule has 0 radical (unpaired) electrons. The van der Waals surface area contributed by atoms with Crippen LogP contribution in [0.4, 0.5) is 5.69 Å². The van der Waals surface area contributed by atoms with Gasteiger partial charge in [-0.15, -0.1) is 0 Å². The summed E-state index contributed by atoms with van der Waals surface area (Å²) in [6.07, 6.45) is 0.271. The number of nitrogens with zero attached hydrogens (tertiary/aromatic N) is 1. The van der Waals surface area contributed by atoms with Crippen molar-refractivity contribution < 1.29 is 19.4 Å². The Kier molecular flexibility index (Phi) is 4.92. The summed E-state index contributed by atoms with van der Waals surface area (Å²) in [5, 5.41) is 9.01. The Morgan fingerprint density at radius 1 is 1.42 bits per heavy atom. The molecule has 1 N–H and O–H groups in total. The minimum absolute atomic E-state index is 0.271. The zero-order chi connectivity index (χ0) is 14.6. The SMILES string of the molecule is CCC(C(=O)O)C(=O)N(C)c1ccc(OC)c(C)c1. The van der Waals surface area contributed by atoms with Crippen molar-refractivity contribution in [3.8, 4) is 5.75 Å². The minimum atomic E-state index is -1.09. The predicted molar refractivity (Wildman–Crippen MR) is 72.6 cm³/mol. The van der Waals surface area contributed by atoms with Crippen molar-refractivity contribution in [2.45, 2.75) is 20.3 Å². The summed E-state index contributed by atoms with van der Waals surface area (Å²) < 4.78 is 5.15. The molecule has 1 rings (SSSR count). The Morgan fingerprint density at radius 2 is 2.05 bits per heavy atom. The molecule has 0 fully saturated rings. The summed E-state index contributed by atoms with van der Waals surface area (Å²) >= 11 is 0. The van der Waals surface area contributed by atoms with E-state index in [-0.39, 0.29) is 6.42 Å². The van der Waals surface area contributed by atoms with Crippen LogP contribution in [-0.2, 0) is 9.59 Å². The van der Waals surface area contributed by atoms with Gasteiger partial charge in [0.15, 0.2) is 0 Å². The number of ether oxygens (including phenoxy) is 1. The first-order valence-corrected chi connectivity index (χ1v) is 6.07. The highest BCUT2D eigenvalue weighted by atomic mass is 16.5. The lowest BCUT2D eigenvalue weighted by Crippen LogP contribution is -2.36. The highest BCUT2D eigenvalue weighted by Gasteiger charge is 2.27. The molecule has 5 nitrogen and oxygen atoms in total. The van der Waals surface area contributed by atoms with Crippen LogP contribution < -0.4 is 9.64 Å². The molecule has 0 aromatic heterocycles. The second-order valence-electron chi connectivity index (χ2n) is 4.35. The minimum Gasteiger partial charge on any atom is -0.496 e. The lowest BCUT2D eigenvalue weighted by atomic mass is 10.0. The maximum Gasteiger partial charge on any atom is 0.316 e. The fourth-order valence-corrected chi connectivity index (χ4v) is 1.89. The van der Waals surface area contributed by atoms with Crippen LogP contribution in [-0.4, -0.2) is 31.1 Å². The average molecular weight is 265 g/mol. The number of hydrogen-bond donors (Lipinski definition) is 1. The van der Waals surface area contributed by atoms with Crippen LogP contribution in [0.2, 0.25) is 0 Å². The molecule has 0 heterocycles. The topological polar surface area (TPSA) is 66.8 Å². The summed E-state index contributed by atoms with van der Waals surface area (Å²) in [6.45, 7) is 3.55. The summed E-state index contributed by atoms with van der Waals surface area (Å²) in [5.41, 5.74) is 1.55. The molecule has 0 aliphatic heterocycles. The molecule has 5 heteroatoms. The summed E-state index contributed by atoms with van der Waals surface area (Å²) in [6, 6.07) is 5.29. The zero-order valence-electron chi connectivity index (χ0n) is 11.6. The number of aliphatic carboxylic acids is 1. The van der Waals surface area contributed by atoms with Crippen molar-refractivity contribution in [3.05, 3.63) is 23.8 Å². The van der Waals surface area contributed by atoms with E-state index in [9.17, 15) is 9.59 Å². The highest BCUT2D eigenvalue weighted by Crippen LogP contribution is 2.24. The van der Waals surface area contributed by atoms with Crippen molar-refractivity contribution in [1.29, 1.82) is 0 Å². The molecular formula is C14H19NO4. The van der Waals surface area contributed by atoms with Crippen LogP contribution in [0.3, 0.4) is 0 Å². The molecule has 0 aliphatic rings. The molecule has 0 saturated carbocycles. The summed E-state index contributed by atoms with van der Waals surface area (Å²) in [5.74, 6) is -1.79. The molecule has 104 valence electrons. The van der Waals surface area contributed by atoms with Crippen LogP contribution in [0, 0.1) is 12.8 Å². The number of carbonyl (C=O) groups excluding carboxylic acids is 1. The van der Waals surface area contributed by atoms with Crippen LogP contribution in [0.25, 0.3) is 0 Å². The highest BCUT2D eigenvalue weighted by molar-refractivity contribution is 6.05. The van der Waals surface area contributed by atoms with E-state index in [2.05, 4.69) is 0 Å². The van der Waals surface area contributed by atoms with Gasteiger partial charge in [0, 0.05) is 12.7 Å². The molecule has 19 heavy (non-hydrogen) atoms. The maximum atomic E-state index is 12.1. The molecule has 1 aromatic rings. The van der Waals surface area contributed by atoms with E-state index in [0.29, 0.717) is 5.69 Å². The number of benzene rings is 1. The molecule has 0 saturated heterocycles. The normalized spacial score (nSPS) is 11.8. The summed E-state index contributed by atoms with van der Waals surface area (Å²) in [7, 11) is 3.16. The standard InChI is InChI=1S/C14H19NO4/c1-5-11(14(17)18)13(16)15(3)10-6-7-12(19-4)9(2)8-10/h6-8,11H,5H2,1-4H3,(H,17,18). The van der Waals surface area contributed by atoms with E-state index < -0.39 is 17.8 Å². The molecule has 0 aliphatic carbocycles. The van der Waals surface area contributed by atoms with E-state index in [1.807, 2.05) is 6.92 Å². The number of anilines is 1. The van der Waals surface area contributed by atoms with E-state index in [4.69, 9.17) is 9.84 Å². The largest absolute Gasteiger partial charge is 0.496 e. The number of carboxylic acids is 1. The number of rotatable bonds is 5. The van der Waals surface area contributed by atoms with E-state index in [1.165, 1.54) is 4.90 Å². The number of aryl methyl sites for hydroxylation is 1. The first-order chi connectivity index (χ1) is 8.92. The molecule has 1 atom stereocenters. The molecule has 0 spiro atoms. The van der Waals surface area contributed by atoms with Crippen molar-refractivity contribution in [2.75, 3.05) is 19.1 Å². The first-order valence-electron chi connectivity index (χ1n) is 6.07. The number of carbonyl (C=O) groups is 2. The van der Waals surface area contributed by atoms with E-state index in [1.54, 1.807) is 39.3 Å². The van der Waals surface area contributed by atoms with Gasteiger partial charge in [-0.3, -0.25) is 9.59 Å². The molecule has 1 aromatic carbocycles. The molecular weight excluding hydrogens is 246 g/mol. The number of hydrogen-bond acceptors (Lipinski definition) is 3. The Morgan fingerprint density at radius 3 is 2.47 bits per heavy atom. The third-order valence-electron chi connectivity index (χ3n) is 3.10. The van der Waals surface area contributed by atoms with Crippen molar-refractivity contribution >= 4 is 17.6 Å². The maximum absolute atomic E-state index is 12.1. The number of carboxylic acid groups (broad SMARTS) is 1. The quantitative estimate of drug-likeness (QED) is 0.828. The van der Waals surface area contributed by atoms with Gasteiger partial charge in [-0.1, -0.05) is 6.92 Å². The lowest BCUT2D eigenvalue weighted by Gasteiger charge is -2.21. The second-order valence-corrected chi connectivity index (χ2v) is 4.35. The van der Waals surface area contributed by atoms with Gasteiger partial charge in [-0.25, -0.2) is 0 Å². The Hall–Kier alpha value is -2.04. The number of methoxy groups -OCH3 is 1. The first kappa shape index (κ1) is 15.0. The van der Waals surface area contributed by atoms with Crippen LogP contribution in [0.1, 0.15) is 18.9 Å².